The van der Waals surface area contributed by atoms with Crippen LogP contribution in [-0.4, -0.2) is 17.9 Å². The Bertz CT molecular complexity index is 604. The Morgan fingerprint density at radius 2 is 2.10 bits per heavy atom. The highest BCUT2D eigenvalue weighted by atomic mass is 35.5. The molecule has 0 amide bonds. The Kier molecular flexibility index (Phi) is 6.42. The molecule has 0 aliphatic heterocycles. The molecular formula is C12H14ClF3N2OS2. The summed E-state index contributed by atoms with van der Waals surface area (Å²) in [4.78, 5) is 0. The second-order valence-corrected chi connectivity index (χ2v) is 6.42. The van der Waals surface area contributed by atoms with E-state index in [2.05, 4.69) is 11.7 Å². The van der Waals surface area contributed by atoms with Crippen LogP contribution in [0.4, 0.5) is 18.3 Å². The maximum absolute atomic E-state index is 12.2. The van der Waals surface area contributed by atoms with E-state index in [9.17, 15) is 13.2 Å². The van der Waals surface area contributed by atoms with E-state index in [0.29, 0.717) is 9.83 Å². The van der Waals surface area contributed by atoms with Gasteiger partial charge in [-0.25, -0.2) is 4.57 Å². The van der Waals surface area contributed by atoms with Gasteiger partial charge in [0.25, 0.3) is 0 Å². The van der Waals surface area contributed by atoms with E-state index in [0.717, 1.165) is 23.6 Å². The number of rotatable bonds is 5. The van der Waals surface area contributed by atoms with Crippen molar-refractivity contribution in [3.05, 3.63) is 18.2 Å². The molecule has 0 saturated heterocycles. The number of anilines is 1. The Hall–Kier alpha value is -0.860. The monoisotopic (exact) mass is 358 g/mol. The van der Waals surface area contributed by atoms with Gasteiger partial charge < -0.3 is 17.1 Å². The number of aryl methyl sites for hydroxylation is 1. The topological polar surface area (TPSA) is 39.1 Å². The van der Waals surface area contributed by atoms with Crippen LogP contribution >= 0.6 is 23.1 Å². The first-order chi connectivity index (χ1) is 9.40. The Morgan fingerprint density at radius 1 is 1.38 bits per heavy atom. The molecule has 0 spiro atoms. The molecule has 0 bridgehead atoms. The molecule has 0 saturated carbocycles. The van der Waals surface area contributed by atoms with Gasteiger partial charge in [-0.1, -0.05) is 6.92 Å². The number of fused-ring (bicyclic) bond motifs is 1. The summed E-state index contributed by atoms with van der Waals surface area (Å²) in [5.41, 5.74) is 6.75. The molecular weight excluding hydrogens is 345 g/mol. The largest absolute Gasteiger partial charge is 1.00 e. The maximum Gasteiger partial charge on any atom is 0.573 e. The quantitative estimate of drug-likeness (QED) is 0.622. The minimum absolute atomic E-state index is 0. The van der Waals surface area contributed by atoms with Crippen molar-refractivity contribution < 1.29 is 34.9 Å². The van der Waals surface area contributed by atoms with E-state index < -0.39 is 6.36 Å². The second kappa shape index (κ2) is 7.42. The zero-order valence-electron chi connectivity index (χ0n) is 11.1. The third-order valence-electron chi connectivity index (χ3n) is 2.60. The number of thiazole rings is 1. The lowest BCUT2D eigenvalue weighted by Gasteiger charge is -2.08. The average Bonchev–Trinajstić information content (AvgIpc) is 2.63. The first-order valence-corrected chi connectivity index (χ1v) is 7.93. The molecule has 0 radical (unpaired) electrons. The number of hydrogen-bond donors (Lipinski definition) is 1. The maximum atomic E-state index is 12.2. The van der Waals surface area contributed by atoms with Crippen LogP contribution in [0.2, 0.25) is 0 Å². The summed E-state index contributed by atoms with van der Waals surface area (Å²) in [7, 11) is 0. The minimum Gasteiger partial charge on any atom is -1.00 e. The van der Waals surface area contributed by atoms with Crippen LogP contribution in [-0.2, 0) is 6.54 Å². The molecule has 3 nitrogen and oxygen atoms in total. The van der Waals surface area contributed by atoms with E-state index >= 15 is 0 Å². The predicted octanol–water partition coefficient (Wildman–Crippen LogP) is 0.427. The van der Waals surface area contributed by atoms with Gasteiger partial charge in [0.2, 0.25) is 0 Å². The Labute approximate surface area is 134 Å². The molecule has 21 heavy (non-hydrogen) atoms. The number of nitrogen functional groups attached to an aromatic ring is 1. The zero-order chi connectivity index (χ0) is 14.8. The van der Waals surface area contributed by atoms with Gasteiger partial charge in [0.15, 0.2) is 0 Å². The van der Waals surface area contributed by atoms with Crippen LogP contribution < -0.4 is 27.4 Å². The predicted molar refractivity (Wildman–Crippen MR) is 76.1 cm³/mol. The minimum atomic E-state index is -4.68. The average molecular weight is 359 g/mol. The van der Waals surface area contributed by atoms with Gasteiger partial charge >= 0.3 is 11.5 Å². The van der Waals surface area contributed by atoms with Crippen LogP contribution in [0.25, 0.3) is 10.2 Å². The normalized spacial score (nSPS) is 11.4. The first kappa shape index (κ1) is 18.2. The summed E-state index contributed by atoms with van der Waals surface area (Å²) >= 11 is 3.05. The molecule has 2 aromatic rings. The molecule has 9 heteroatoms. The summed E-state index contributed by atoms with van der Waals surface area (Å²) in [6, 6.07) is 4.29. The highest BCUT2D eigenvalue weighted by Crippen LogP contribution is 2.29. The van der Waals surface area contributed by atoms with Crippen LogP contribution in [0.1, 0.15) is 6.92 Å². The third kappa shape index (κ3) is 4.82. The lowest BCUT2D eigenvalue weighted by Crippen LogP contribution is -3.00. The highest BCUT2D eigenvalue weighted by Gasteiger charge is 2.31. The number of nitrogens with two attached hydrogens (primary N) is 1. The number of thioether (sulfide) groups is 1. The SMILES string of the molecule is CCSCC[n+]1c(N)sc2cc(OC(F)(F)F)ccc21.[Cl-]. The van der Waals surface area contributed by atoms with E-state index in [4.69, 9.17) is 5.73 Å². The second-order valence-electron chi connectivity index (χ2n) is 3.97. The standard InChI is InChI=1S/C12H13F3N2OS2.ClH/c1-2-19-6-5-17-9-4-3-8(18-12(13,14)15)7-10(9)20-11(17)16;/h3-4,7,16H,2,5-6H2,1H3;1H. The summed E-state index contributed by atoms with van der Waals surface area (Å²) in [5, 5.41) is 0.584. The number of alkyl halides is 3. The van der Waals surface area contributed by atoms with E-state index in [1.54, 1.807) is 17.8 Å². The van der Waals surface area contributed by atoms with Crippen molar-refractivity contribution in [3.63, 3.8) is 0 Å². The van der Waals surface area contributed by atoms with Gasteiger partial charge in [0.1, 0.15) is 17.8 Å². The zero-order valence-corrected chi connectivity index (χ0v) is 13.5. The van der Waals surface area contributed by atoms with Crippen molar-refractivity contribution in [1.82, 2.24) is 0 Å². The van der Waals surface area contributed by atoms with Crippen LogP contribution in [0.3, 0.4) is 0 Å². The van der Waals surface area contributed by atoms with Crippen molar-refractivity contribution in [2.24, 2.45) is 0 Å². The molecule has 0 unspecified atom stereocenters. The molecule has 118 valence electrons. The number of benzene rings is 1. The lowest BCUT2D eigenvalue weighted by atomic mass is 10.3. The van der Waals surface area contributed by atoms with Crippen molar-refractivity contribution in [3.8, 4) is 5.75 Å². The number of ether oxygens (including phenoxy) is 1. The van der Waals surface area contributed by atoms with Crippen LogP contribution in [0.5, 0.6) is 5.75 Å². The molecule has 0 atom stereocenters. The fourth-order valence-corrected chi connectivity index (χ4v) is 3.40. The smallest absolute Gasteiger partial charge is 0.573 e. The van der Waals surface area contributed by atoms with Crippen molar-refractivity contribution in [2.75, 3.05) is 17.2 Å². The van der Waals surface area contributed by atoms with Crippen LogP contribution in [0, 0.1) is 0 Å². The molecule has 1 heterocycles. The van der Waals surface area contributed by atoms with Gasteiger partial charge in [0.05, 0.1) is 4.70 Å². The number of aromatic nitrogens is 1. The van der Waals surface area contributed by atoms with E-state index in [-0.39, 0.29) is 18.2 Å². The molecule has 0 fully saturated rings. The fraction of sp³-hybridized carbons (Fsp3) is 0.417. The Morgan fingerprint density at radius 3 is 2.71 bits per heavy atom. The Balaban J connectivity index is 0.00000220. The highest BCUT2D eigenvalue weighted by molar-refractivity contribution is 7.99. The summed E-state index contributed by atoms with van der Waals surface area (Å²) in [6.45, 7) is 2.81. The summed E-state index contributed by atoms with van der Waals surface area (Å²) in [6.07, 6.45) is -4.68. The van der Waals surface area contributed by atoms with Gasteiger partial charge in [-0.3, -0.25) is 5.73 Å². The van der Waals surface area contributed by atoms with Crippen molar-refractivity contribution >= 4 is 38.4 Å². The van der Waals surface area contributed by atoms with Crippen molar-refractivity contribution in [2.45, 2.75) is 19.8 Å². The fourth-order valence-electron chi connectivity index (χ4n) is 1.81. The molecule has 0 aliphatic rings. The molecule has 2 N–H and O–H groups in total. The van der Waals surface area contributed by atoms with Gasteiger partial charge in [0, 0.05) is 11.8 Å². The molecule has 1 aromatic heterocycles. The number of hydrogen-bond acceptors (Lipinski definition) is 4. The van der Waals surface area contributed by atoms with Crippen LogP contribution in [0.15, 0.2) is 18.2 Å². The molecule has 0 aliphatic carbocycles. The van der Waals surface area contributed by atoms with E-state index in [1.165, 1.54) is 23.5 Å². The molecule has 2 rings (SSSR count). The van der Waals surface area contributed by atoms with E-state index in [1.807, 2.05) is 4.57 Å². The first-order valence-electron chi connectivity index (χ1n) is 5.96. The van der Waals surface area contributed by atoms with Gasteiger partial charge in [-0.15, -0.1) is 13.2 Å². The summed E-state index contributed by atoms with van der Waals surface area (Å²) < 4.78 is 43.1. The van der Waals surface area contributed by atoms with Gasteiger partial charge in [-0.2, -0.15) is 11.8 Å². The van der Waals surface area contributed by atoms with Gasteiger partial charge in [-0.05, 0) is 29.2 Å². The third-order valence-corrected chi connectivity index (χ3v) is 4.46. The lowest BCUT2D eigenvalue weighted by molar-refractivity contribution is -0.648. The molecule has 1 aromatic carbocycles. The van der Waals surface area contributed by atoms with Crippen molar-refractivity contribution in [1.29, 1.82) is 0 Å². The number of nitrogens with zero attached hydrogens (tertiary/aromatic N) is 1. The summed E-state index contributed by atoms with van der Waals surface area (Å²) in [5.74, 6) is 1.71. The number of halogens is 4.